The summed E-state index contributed by atoms with van der Waals surface area (Å²) in [6.07, 6.45) is 0. The zero-order chi connectivity index (χ0) is 18.9. The monoisotopic (exact) mass is 370 g/mol. The Balaban J connectivity index is 1.97. The van der Waals surface area contributed by atoms with E-state index >= 15 is 0 Å². The van der Waals surface area contributed by atoms with E-state index in [0.717, 1.165) is 22.4 Å². The fourth-order valence-corrected chi connectivity index (χ4v) is 4.05. The zero-order valence-corrected chi connectivity index (χ0v) is 15.2. The van der Waals surface area contributed by atoms with Crippen molar-refractivity contribution in [3.05, 3.63) is 81.9 Å². The number of hydrogen-bond donors (Lipinski definition) is 0. The van der Waals surface area contributed by atoms with E-state index < -0.39 is 14.9 Å². The molecule has 0 heterocycles. The summed E-state index contributed by atoms with van der Waals surface area (Å²) in [5.41, 5.74) is 1.09. The van der Waals surface area contributed by atoms with Gasteiger partial charge in [-0.25, -0.2) is 8.42 Å². The number of hydrogen-bond acceptors (Lipinski definition) is 4. The molecule has 7 heteroatoms. The molecule has 0 bridgehead atoms. The van der Waals surface area contributed by atoms with Gasteiger partial charge in [0, 0.05) is 25.2 Å². The fraction of sp³-hybridized carbons (Fsp3) is 0.158. The molecule has 0 radical (unpaired) electrons. The highest BCUT2D eigenvalue weighted by molar-refractivity contribution is 7.89. The summed E-state index contributed by atoms with van der Waals surface area (Å²) in [5, 5.41) is 13.1. The molecular weight excluding hydrogens is 352 g/mol. The molecule has 3 aromatic carbocycles. The third-order valence-corrected chi connectivity index (χ3v) is 6.16. The molecule has 26 heavy (non-hydrogen) atoms. The first-order chi connectivity index (χ1) is 12.3. The maximum atomic E-state index is 12.9. The van der Waals surface area contributed by atoms with E-state index in [1.54, 1.807) is 6.92 Å². The van der Waals surface area contributed by atoms with Crippen molar-refractivity contribution in [2.24, 2.45) is 0 Å². The normalized spacial score (nSPS) is 11.8. The largest absolute Gasteiger partial charge is 0.273 e. The molecule has 0 aliphatic carbocycles. The van der Waals surface area contributed by atoms with Crippen LogP contribution in [0.1, 0.15) is 11.1 Å². The van der Waals surface area contributed by atoms with E-state index in [-0.39, 0.29) is 17.1 Å². The molecule has 0 aliphatic rings. The lowest BCUT2D eigenvalue weighted by atomic mass is 10.0. The van der Waals surface area contributed by atoms with Crippen molar-refractivity contribution in [3.8, 4) is 0 Å². The van der Waals surface area contributed by atoms with Crippen LogP contribution >= 0.6 is 0 Å². The number of nitrogens with zero attached hydrogens (tertiary/aromatic N) is 2. The first-order valence-corrected chi connectivity index (χ1v) is 9.43. The van der Waals surface area contributed by atoms with Crippen LogP contribution in [0.4, 0.5) is 5.69 Å². The minimum atomic E-state index is -3.85. The van der Waals surface area contributed by atoms with Gasteiger partial charge in [0.2, 0.25) is 10.0 Å². The summed E-state index contributed by atoms with van der Waals surface area (Å²) < 4.78 is 26.9. The molecule has 134 valence electrons. The van der Waals surface area contributed by atoms with E-state index in [1.807, 2.05) is 42.5 Å². The van der Waals surface area contributed by atoms with Gasteiger partial charge in [0.25, 0.3) is 5.69 Å². The summed E-state index contributed by atoms with van der Waals surface area (Å²) >= 11 is 0. The average molecular weight is 370 g/mol. The standard InChI is InChI=1S/C19H18N2O4S/c1-14-10-11-17(12-19(14)21(22)23)26(24,25)20(2)13-16-8-5-7-15-6-3-4-9-18(15)16/h3-12H,13H2,1-2H3. The molecule has 0 amide bonds. The van der Waals surface area contributed by atoms with E-state index in [0.29, 0.717) is 5.56 Å². The molecule has 0 spiro atoms. The number of rotatable bonds is 5. The lowest BCUT2D eigenvalue weighted by molar-refractivity contribution is -0.385. The number of fused-ring (bicyclic) bond motifs is 1. The average Bonchev–Trinajstić information content (AvgIpc) is 2.62. The predicted octanol–water partition coefficient (Wildman–Crippen LogP) is 3.88. The van der Waals surface area contributed by atoms with Crippen molar-refractivity contribution in [3.63, 3.8) is 0 Å². The van der Waals surface area contributed by atoms with Gasteiger partial charge in [-0.3, -0.25) is 10.1 Å². The maximum Gasteiger partial charge on any atom is 0.273 e. The summed E-state index contributed by atoms with van der Waals surface area (Å²) in [4.78, 5) is 10.4. The highest BCUT2D eigenvalue weighted by atomic mass is 32.2. The van der Waals surface area contributed by atoms with Gasteiger partial charge in [-0.2, -0.15) is 4.31 Å². The predicted molar refractivity (Wildman–Crippen MR) is 100 cm³/mol. The highest BCUT2D eigenvalue weighted by Gasteiger charge is 2.24. The molecule has 0 aromatic heterocycles. The van der Waals surface area contributed by atoms with E-state index in [2.05, 4.69) is 0 Å². The number of nitro benzene ring substituents is 1. The van der Waals surface area contributed by atoms with Gasteiger partial charge in [0.05, 0.1) is 9.82 Å². The number of nitro groups is 1. The van der Waals surface area contributed by atoms with Crippen LogP contribution < -0.4 is 0 Å². The molecule has 0 N–H and O–H groups in total. The lowest BCUT2D eigenvalue weighted by Gasteiger charge is -2.18. The van der Waals surface area contributed by atoms with Crippen LogP contribution in [0.3, 0.4) is 0 Å². The van der Waals surface area contributed by atoms with Gasteiger partial charge >= 0.3 is 0 Å². The lowest BCUT2D eigenvalue weighted by Crippen LogP contribution is -2.26. The Morgan fingerprint density at radius 1 is 1.04 bits per heavy atom. The topological polar surface area (TPSA) is 80.5 Å². The second-order valence-corrected chi connectivity index (χ2v) is 8.15. The fourth-order valence-electron chi connectivity index (χ4n) is 2.88. The minimum Gasteiger partial charge on any atom is -0.258 e. The Hall–Kier alpha value is -2.77. The zero-order valence-electron chi connectivity index (χ0n) is 14.4. The summed E-state index contributed by atoms with van der Waals surface area (Å²) in [6, 6.07) is 17.5. The van der Waals surface area contributed by atoms with Crippen LogP contribution in [0.15, 0.2) is 65.6 Å². The Morgan fingerprint density at radius 2 is 1.73 bits per heavy atom. The second-order valence-electron chi connectivity index (χ2n) is 6.10. The molecule has 0 saturated heterocycles. The maximum absolute atomic E-state index is 12.9. The number of aryl methyl sites for hydroxylation is 1. The Bertz CT molecular complexity index is 1090. The van der Waals surface area contributed by atoms with Gasteiger partial charge < -0.3 is 0 Å². The number of benzene rings is 3. The third-order valence-electron chi connectivity index (χ3n) is 4.36. The summed E-state index contributed by atoms with van der Waals surface area (Å²) in [7, 11) is -2.37. The molecular formula is C19H18N2O4S. The molecule has 0 saturated carbocycles. The van der Waals surface area contributed by atoms with Crippen molar-refractivity contribution in [1.29, 1.82) is 0 Å². The molecule has 6 nitrogen and oxygen atoms in total. The van der Waals surface area contributed by atoms with Crippen molar-refractivity contribution >= 4 is 26.5 Å². The molecule has 0 atom stereocenters. The van der Waals surface area contributed by atoms with Crippen LogP contribution in [0.2, 0.25) is 0 Å². The number of sulfonamides is 1. The summed E-state index contributed by atoms with van der Waals surface area (Å²) in [6.45, 7) is 1.75. The van der Waals surface area contributed by atoms with Crippen molar-refractivity contribution in [2.45, 2.75) is 18.4 Å². The second kappa shape index (κ2) is 6.86. The van der Waals surface area contributed by atoms with Gasteiger partial charge in [-0.15, -0.1) is 0 Å². The highest BCUT2D eigenvalue weighted by Crippen LogP contribution is 2.26. The Morgan fingerprint density at radius 3 is 2.46 bits per heavy atom. The van der Waals surface area contributed by atoms with Crippen LogP contribution in [0.5, 0.6) is 0 Å². The first kappa shape index (κ1) is 18.0. The van der Waals surface area contributed by atoms with Crippen molar-refractivity contribution in [2.75, 3.05) is 7.05 Å². The van der Waals surface area contributed by atoms with Gasteiger partial charge in [-0.05, 0) is 29.3 Å². The molecule has 3 aromatic rings. The summed E-state index contributed by atoms with van der Waals surface area (Å²) in [5.74, 6) is 0. The quantitative estimate of drug-likeness (QED) is 0.504. The Labute approximate surface area is 151 Å². The molecule has 0 aliphatic heterocycles. The van der Waals surface area contributed by atoms with Crippen LogP contribution in [-0.2, 0) is 16.6 Å². The van der Waals surface area contributed by atoms with Crippen molar-refractivity contribution < 1.29 is 13.3 Å². The van der Waals surface area contributed by atoms with Gasteiger partial charge in [0.15, 0.2) is 0 Å². The molecule has 0 unspecified atom stereocenters. The van der Waals surface area contributed by atoms with E-state index in [9.17, 15) is 18.5 Å². The van der Waals surface area contributed by atoms with E-state index in [1.165, 1.54) is 23.5 Å². The van der Waals surface area contributed by atoms with E-state index in [4.69, 9.17) is 0 Å². The van der Waals surface area contributed by atoms with Crippen LogP contribution in [-0.4, -0.2) is 24.7 Å². The van der Waals surface area contributed by atoms with Crippen LogP contribution in [0.25, 0.3) is 10.8 Å². The van der Waals surface area contributed by atoms with Crippen LogP contribution in [0, 0.1) is 17.0 Å². The van der Waals surface area contributed by atoms with Gasteiger partial charge in [0.1, 0.15) is 0 Å². The molecule has 3 rings (SSSR count). The first-order valence-electron chi connectivity index (χ1n) is 7.99. The van der Waals surface area contributed by atoms with Crippen molar-refractivity contribution in [1.82, 2.24) is 4.31 Å². The minimum absolute atomic E-state index is 0.0856. The SMILES string of the molecule is Cc1ccc(S(=O)(=O)N(C)Cc2cccc3ccccc23)cc1[N+](=O)[O-]. The smallest absolute Gasteiger partial charge is 0.258 e. The third kappa shape index (κ3) is 3.31. The van der Waals surface area contributed by atoms with Gasteiger partial charge in [-0.1, -0.05) is 48.5 Å². The Kier molecular flexibility index (Phi) is 4.76. The molecule has 0 fully saturated rings.